The van der Waals surface area contributed by atoms with E-state index in [4.69, 9.17) is 9.47 Å². The van der Waals surface area contributed by atoms with E-state index in [9.17, 15) is 4.79 Å². The molecule has 2 fully saturated rings. The highest BCUT2D eigenvalue weighted by Gasteiger charge is 2.31. The van der Waals surface area contributed by atoms with Crippen LogP contribution in [0.1, 0.15) is 57.9 Å². The van der Waals surface area contributed by atoms with Crippen LogP contribution in [0.25, 0.3) is 0 Å². The van der Waals surface area contributed by atoms with Crippen molar-refractivity contribution >= 4 is 11.9 Å². The Bertz CT molecular complexity index is 762. The van der Waals surface area contributed by atoms with Gasteiger partial charge >= 0.3 is 0 Å². The SMILES string of the molecule is CCOc1ccc(CCNC(=NC)NC2CCN(C(=O)C3CCCCC3)C2)cc1OCC. The molecule has 2 N–H and O–H groups in total. The van der Waals surface area contributed by atoms with Gasteiger partial charge in [0, 0.05) is 38.6 Å². The standard InChI is InChI=1S/C25H40N4O3/c1-4-31-22-12-11-19(17-23(22)32-5-2)13-15-27-25(26-3)28-21-14-16-29(18-21)24(30)20-9-7-6-8-10-20/h11-12,17,20-21H,4-10,13-16,18H2,1-3H3,(H2,26,27,28). The van der Waals surface area contributed by atoms with Gasteiger partial charge in [-0.3, -0.25) is 9.79 Å². The van der Waals surface area contributed by atoms with Crippen LogP contribution in [0.3, 0.4) is 0 Å². The number of hydrogen-bond acceptors (Lipinski definition) is 4. The van der Waals surface area contributed by atoms with E-state index in [2.05, 4.69) is 32.7 Å². The van der Waals surface area contributed by atoms with E-state index in [1.165, 1.54) is 24.8 Å². The van der Waals surface area contributed by atoms with Gasteiger partial charge in [0.25, 0.3) is 0 Å². The number of nitrogens with one attached hydrogen (secondary N) is 2. The summed E-state index contributed by atoms with van der Waals surface area (Å²) in [6.07, 6.45) is 7.62. The van der Waals surface area contributed by atoms with Crippen molar-refractivity contribution in [2.75, 3.05) is 39.9 Å². The Morgan fingerprint density at radius 2 is 1.84 bits per heavy atom. The Morgan fingerprint density at radius 3 is 2.56 bits per heavy atom. The van der Waals surface area contributed by atoms with Crippen molar-refractivity contribution in [2.24, 2.45) is 10.9 Å². The molecule has 0 bridgehead atoms. The first-order valence-corrected chi connectivity index (χ1v) is 12.3. The van der Waals surface area contributed by atoms with Crippen LogP contribution in [-0.2, 0) is 11.2 Å². The molecule has 32 heavy (non-hydrogen) atoms. The highest BCUT2D eigenvalue weighted by Crippen LogP contribution is 2.29. The number of aliphatic imine (C=N–C) groups is 1. The fourth-order valence-corrected chi connectivity index (χ4v) is 4.65. The summed E-state index contributed by atoms with van der Waals surface area (Å²) in [6, 6.07) is 6.37. The molecule has 1 saturated heterocycles. The summed E-state index contributed by atoms with van der Waals surface area (Å²) in [5, 5.41) is 6.90. The quantitative estimate of drug-likeness (QED) is 0.451. The highest BCUT2D eigenvalue weighted by atomic mass is 16.5. The van der Waals surface area contributed by atoms with Gasteiger partial charge in [0.15, 0.2) is 17.5 Å². The third kappa shape index (κ3) is 6.78. The second-order valence-electron chi connectivity index (χ2n) is 8.65. The summed E-state index contributed by atoms with van der Waals surface area (Å²) in [7, 11) is 1.79. The van der Waals surface area contributed by atoms with E-state index >= 15 is 0 Å². The summed E-state index contributed by atoms with van der Waals surface area (Å²) in [5.41, 5.74) is 1.19. The van der Waals surface area contributed by atoms with Crippen LogP contribution >= 0.6 is 0 Å². The van der Waals surface area contributed by atoms with Gasteiger partial charge < -0.3 is 25.0 Å². The molecule has 1 aromatic carbocycles. The second-order valence-corrected chi connectivity index (χ2v) is 8.65. The maximum atomic E-state index is 12.8. The first kappa shape index (κ1) is 24.2. The minimum Gasteiger partial charge on any atom is -0.490 e. The first-order chi connectivity index (χ1) is 15.6. The van der Waals surface area contributed by atoms with Crippen LogP contribution in [0.4, 0.5) is 0 Å². The van der Waals surface area contributed by atoms with Crippen molar-refractivity contribution in [2.45, 2.75) is 64.8 Å². The largest absolute Gasteiger partial charge is 0.490 e. The Morgan fingerprint density at radius 1 is 1.09 bits per heavy atom. The molecule has 178 valence electrons. The number of guanidine groups is 1. The Labute approximate surface area is 192 Å². The van der Waals surface area contributed by atoms with Gasteiger partial charge in [0.2, 0.25) is 5.91 Å². The van der Waals surface area contributed by atoms with Gasteiger partial charge in [0.05, 0.1) is 13.2 Å². The Hall–Kier alpha value is -2.44. The molecule has 0 radical (unpaired) electrons. The normalized spacial score (nSPS) is 19.7. The molecule has 3 rings (SSSR count). The van der Waals surface area contributed by atoms with Crippen molar-refractivity contribution < 1.29 is 14.3 Å². The van der Waals surface area contributed by atoms with Gasteiger partial charge in [0.1, 0.15) is 0 Å². The minimum atomic E-state index is 0.246. The van der Waals surface area contributed by atoms with Crippen molar-refractivity contribution in [3.05, 3.63) is 23.8 Å². The lowest BCUT2D eigenvalue weighted by Crippen LogP contribution is -2.46. The van der Waals surface area contributed by atoms with Gasteiger partial charge in [-0.05, 0) is 57.2 Å². The summed E-state index contributed by atoms with van der Waals surface area (Å²) in [5.74, 6) is 2.98. The van der Waals surface area contributed by atoms with E-state index < -0.39 is 0 Å². The summed E-state index contributed by atoms with van der Waals surface area (Å²) < 4.78 is 11.4. The molecule has 1 atom stereocenters. The lowest BCUT2D eigenvalue weighted by Gasteiger charge is -2.26. The molecule has 1 aliphatic heterocycles. The monoisotopic (exact) mass is 444 g/mol. The molecule has 7 heteroatoms. The molecule has 1 aliphatic carbocycles. The number of amides is 1. The lowest BCUT2D eigenvalue weighted by molar-refractivity contribution is -0.135. The van der Waals surface area contributed by atoms with E-state index in [-0.39, 0.29) is 12.0 Å². The number of carbonyl (C=O) groups excluding carboxylic acids is 1. The molecule has 1 unspecified atom stereocenters. The number of likely N-dealkylation sites (tertiary alicyclic amines) is 1. The van der Waals surface area contributed by atoms with E-state index in [1.807, 2.05) is 19.9 Å². The topological polar surface area (TPSA) is 75.2 Å². The zero-order valence-corrected chi connectivity index (χ0v) is 20.0. The van der Waals surface area contributed by atoms with E-state index in [0.717, 1.165) is 62.8 Å². The van der Waals surface area contributed by atoms with Gasteiger partial charge in [-0.25, -0.2) is 0 Å². The molecule has 2 aliphatic rings. The van der Waals surface area contributed by atoms with Crippen molar-refractivity contribution in [3.63, 3.8) is 0 Å². The molecule has 0 aromatic heterocycles. The molecule has 1 heterocycles. The molecule has 0 spiro atoms. The third-order valence-corrected chi connectivity index (χ3v) is 6.33. The number of ether oxygens (including phenoxy) is 2. The van der Waals surface area contributed by atoms with Crippen LogP contribution in [0.5, 0.6) is 11.5 Å². The fraction of sp³-hybridized carbons (Fsp3) is 0.680. The number of nitrogens with zero attached hydrogens (tertiary/aromatic N) is 2. The molecule has 1 amide bonds. The van der Waals surface area contributed by atoms with Crippen molar-refractivity contribution in [1.29, 1.82) is 0 Å². The molecule has 1 saturated carbocycles. The number of benzene rings is 1. The van der Waals surface area contributed by atoms with E-state index in [1.54, 1.807) is 7.05 Å². The first-order valence-electron chi connectivity index (χ1n) is 12.3. The predicted octanol–water partition coefficient (Wildman–Crippen LogP) is 3.37. The smallest absolute Gasteiger partial charge is 0.225 e. The minimum absolute atomic E-state index is 0.246. The zero-order chi connectivity index (χ0) is 22.8. The molecular weight excluding hydrogens is 404 g/mol. The average Bonchev–Trinajstić information content (AvgIpc) is 3.29. The van der Waals surface area contributed by atoms with Crippen LogP contribution in [0.2, 0.25) is 0 Å². The predicted molar refractivity (Wildman–Crippen MR) is 129 cm³/mol. The Balaban J connectivity index is 1.44. The Kier molecular flexibility index (Phi) is 9.50. The molecule has 1 aromatic rings. The van der Waals surface area contributed by atoms with Gasteiger partial charge in [-0.15, -0.1) is 0 Å². The van der Waals surface area contributed by atoms with E-state index in [0.29, 0.717) is 19.1 Å². The third-order valence-electron chi connectivity index (χ3n) is 6.33. The van der Waals surface area contributed by atoms with Crippen LogP contribution in [0.15, 0.2) is 23.2 Å². The van der Waals surface area contributed by atoms with Crippen LogP contribution < -0.4 is 20.1 Å². The number of rotatable bonds is 9. The van der Waals surface area contributed by atoms with Crippen LogP contribution in [-0.4, -0.2) is 62.7 Å². The van der Waals surface area contributed by atoms with Crippen molar-refractivity contribution in [1.82, 2.24) is 15.5 Å². The van der Waals surface area contributed by atoms with Gasteiger partial charge in [-0.2, -0.15) is 0 Å². The summed E-state index contributed by atoms with van der Waals surface area (Å²) >= 11 is 0. The number of carbonyl (C=O) groups is 1. The summed E-state index contributed by atoms with van der Waals surface area (Å²) in [4.78, 5) is 19.2. The maximum absolute atomic E-state index is 12.8. The lowest BCUT2D eigenvalue weighted by atomic mass is 9.88. The van der Waals surface area contributed by atoms with Gasteiger partial charge in [-0.1, -0.05) is 25.3 Å². The number of hydrogen-bond donors (Lipinski definition) is 2. The van der Waals surface area contributed by atoms with Crippen LogP contribution in [0, 0.1) is 5.92 Å². The second kappa shape index (κ2) is 12.6. The average molecular weight is 445 g/mol. The summed E-state index contributed by atoms with van der Waals surface area (Å²) in [6.45, 7) is 7.56. The fourth-order valence-electron chi connectivity index (χ4n) is 4.65. The zero-order valence-electron chi connectivity index (χ0n) is 20.0. The molecule has 7 nitrogen and oxygen atoms in total. The highest BCUT2D eigenvalue weighted by molar-refractivity contribution is 5.81. The molecular formula is C25H40N4O3. The maximum Gasteiger partial charge on any atom is 0.225 e. The van der Waals surface area contributed by atoms with Crippen molar-refractivity contribution in [3.8, 4) is 11.5 Å².